The Bertz CT molecular complexity index is 1120. The van der Waals surface area contributed by atoms with Crippen LogP contribution in [0, 0.1) is 0 Å². The summed E-state index contributed by atoms with van der Waals surface area (Å²) in [5.74, 6) is -0.714. The van der Waals surface area contributed by atoms with Gasteiger partial charge in [0.05, 0.1) is 17.7 Å². The summed E-state index contributed by atoms with van der Waals surface area (Å²) in [6.45, 7) is 3.85. The average molecular weight is 414 g/mol. The fourth-order valence-electron chi connectivity index (χ4n) is 3.63. The lowest BCUT2D eigenvalue weighted by Crippen LogP contribution is -2.30. The van der Waals surface area contributed by atoms with Gasteiger partial charge in [0.1, 0.15) is 17.3 Å². The number of anilines is 1. The molecule has 1 amide bonds. The maximum Gasteiger partial charge on any atom is 0.301 e. The van der Waals surface area contributed by atoms with E-state index < -0.39 is 17.7 Å². The fraction of sp³-hybridized carbons (Fsp3) is 0.160. The van der Waals surface area contributed by atoms with Gasteiger partial charge in [-0.1, -0.05) is 36.4 Å². The molecule has 0 radical (unpaired) electrons. The molecule has 0 saturated carbocycles. The van der Waals surface area contributed by atoms with Crippen LogP contribution >= 0.6 is 0 Å². The predicted octanol–water partition coefficient (Wildman–Crippen LogP) is 4.50. The van der Waals surface area contributed by atoms with Gasteiger partial charge in [0, 0.05) is 11.8 Å². The molecule has 31 heavy (non-hydrogen) atoms. The Morgan fingerprint density at radius 2 is 1.65 bits per heavy atom. The predicted molar refractivity (Wildman–Crippen MR) is 118 cm³/mol. The van der Waals surface area contributed by atoms with Crippen LogP contribution in [0.25, 0.3) is 5.76 Å². The van der Waals surface area contributed by atoms with Crippen molar-refractivity contribution in [3.05, 3.63) is 95.7 Å². The minimum atomic E-state index is -0.789. The molecule has 1 atom stereocenters. The number of ketones is 1. The Balaban J connectivity index is 1.84. The summed E-state index contributed by atoms with van der Waals surface area (Å²) in [6.07, 6.45) is 1.57. The Labute approximate surface area is 180 Å². The normalized spacial score (nSPS) is 17.9. The molecule has 2 aromatic carbocycles. The van der Waals surface area contributed by atoms with Crippen molar-refractivity contribution in [1.29, 1.82) is 0 Å². The Hall–Kier alpha value is -3.93. The lowest BCUT2D eigenvalue weighted by molar-refractivity contribution is -0.132. The van der Waals surface area contributed by atoms with Crippen molar-refractivity contribution in [1.82, 2.24) is 4.98 Å². The number of benzene rings is 2. The number of carbonyl (C=O) groups excluding carboxylic acids is 2. The summed E-state index contributed by atoms with van der Waals surface area (Å²) >= 11 is 0. The third-order valence-electron chi connectivity index (χ3n) is 4.96. The number of carbonyl (C=O) groups is 2. The fourth-order valence-corrected chi connectivity index (χ4v) is 3.63. The topological polar surface area (TPSA) is 79.7 Å². The van der Waals surface area contributed by atoms with Crippen LogP contribution < -0.4 is 9.64 Å². The molecule has 1 aliphatic rings. The van der Waals surface area contributed by atoms with Crippen molar-refractivity contribution in [3.63, 3.8) is 0 Å². The summed E-state index contributed by atoms with van der Waals surface area (Å²) in [5.41, 5.74) is 1.16. The molecule has 1 aromatic heterocycles. The molecule has 0 bridgehead atoms. The molecule has 1 aliphatic heterocycles. The van der Waals surface area contributed by atoms with E-state index in [9.17, 15) is 14.7 Å². The highest BCUT2D eigenvalue weighted by molar-refractivity contribution is 6.51. The van der Waals surface area contributed by atoms with Crippen molar-refractivity contribution in [2.45, 2.75) is 26.0 Å². The first kappa shape index (κ1) is 20.3. The quantitative estimate of drug-likeness (QED) is 0.378. The molecule has 0 spiro atoms. The molecule has 6 heteroatoms. The number of aromatic nitrogens is 1. The van der Waals surface area contributed by atoms with E-state index in [1.165, 1.54) is 4.90 Å². The van der Waals surface area contributed by atoms with Gasteiger partial charge < -0.3 is 9.84 Å². The van der Waals surface area contributed by atoms with Gasteiger partial charge in [0.2, 0.25) is 0 Å². The van der Waals surface area contributed by atoms with Crippen LogP contribution in [-0.4, -0.2) is 27.9 Å². The first-order valence-electron chi connectivity index (χ1n) is 10.0. The van der Waals surface area contributed by atoms with Gasteiger partial charge in [0.15, 0.2) is 0 Å². The van der Waals surface area contributed by atoms with Crippen molar-refractivity contribution < 1.29 is 19.4 Å². The Morgan fingerprint density at radius 3 is 2.26 bits per heavy atom. The van der Waals surface area contributed by atoms with Crippen molar-refractivity contribution in [2.24, 2.45) is 0 Å². The van der Waals surface area contributed by atoms with E-state index in [-0.39, 0.29) is 17.4 Å². The van der Waals surface area contributed by atoms with E-state index in [1.807, 2.05) is 44.2 Å². The van der Waals surface area contributed by atoms with Gasteiger partial charge >= 0.3 is 5.91 Å². The summed E-state index contributed by atoms with van der Waals surface area (Å²) in [7, 11) is 0. The highest BCUT2D eigenvalue weighted by Gasteiger charge is 2.47. The Kier molecular flexibility index (Phi) is 5.54. The van der Waals surface area contributed by atoms with Gasteiger partial charge in [-0.3, -0.25) is 14.5 Å². The number of rotatable bonds is 5. The van der Waals surface area contributed by atoms with Crippen LogP contribution in [0.4, 0.5) is 5.82 Å². The van der Waals surface area contributed by atoms with E-state index in [4.69, 9.17) is 4.74 Å². The molecule has 4 rings (SSSR count). The number of aliphatic hydroxyl groups excluding tert-OH is 1. The second-order valence-corrected chi connectivity index (χ2v) is 7.46. The molecule has 6 nitrogen and oxygen atoms in total. The molecule has 1 saturated heterocycles. The van der Waals surface area contributed by atoms with Crippen LogP contribution in [0.15, 0.2) is 84.6 Å². The molecule has 1 fully saturated rings. The zero-order chi connectivity index (χ0) is 22.0. The number of pyridine rings is 1. The molecule has 2 heterocycles. The molecule has 1 N–H and O–H groups in total. The van der Waals surface area contributed by atoms with E-state index in [0.29, 0.717) is 22.7 Å². The van der Waals surface area contributed by atoms with Crippen LogP contribution in [0.3, 0.4) is 0 Å². The number of Topliss-reactive ketones (excluding diaryl/α,β-unsaturated/α-hetero) is 1. The number of hydrogen-bond acceptors (Lipinski definition) is 5. The zero-order valence-electron chi connectivity index (χ0n) is 17.2. The van der Waals surface area contributed by atoms with Crippen LogP contribution in [0.5, 0.6) is 5.75 Å². The summed E-state index contributed by atoms with van der Waals surface area (Å²) in [6, 6.07) is 20.3. The average Bonchev–Trinajstić information content (AvgIpc) is 3.05. The molecular weight excluding hydrogens is 392 g/mol. The summed E-state index contributed by atoms with van der Waals surface area (Å²) in [4.78, 5) is 31.6. The largest absolute Gasteiger partial charge is 0.507 e. The van der Waals surface area contributed by atoms with Gasteiger partial charge in [-0.25, -0.2) is 4.98 Å². The van der Waals surface area contributed by atoms with Crippen LogP contribution in [0.2, 0.25) is 0 Å². The number of aliphatic hydroxyl groups is 1. The smallest absolute Gasteiger partial charge is 0.301 e. The van der Waals surface area contributed by atoms with Gasteiger partial charge in [0.25, 0.3) is 5.78 Å². The molecule has 3 aromatic rings. The zero-order valence-corrected chi connectivity index (χ0v) is 17.2. The third-order valence-corrected chi connectivity index (χ3v) is 4.96. The standard InChI is InChI=1S/C25H22N2O4/c1-16(2)31-19-13-11-18(12-14-19)23(28)21-22(17-8-4-3-5-9-17)27(25(30)24(21)29)20-10-6-7-15-26-20/h3-16,22,28H,1-2H3/b23-21-. The number of ether oxygens (including phenoxy) is 1. The second kappa shape index (κ2) is 8.44. The highest BCUT2D eigenvalue weighted by atomic mass is 16.5. The lowest BCUT2D eigenvalue weighted by atomic mass is 9.95. The first-order valence-corrected chi connectivity index (χ1v) is 10.0. The maximum atomic E-state index is 13.0. The van der Waals surface area contributed by atoms with Gasteiger partial charge in [-0.15, -0.1) is 0 Å². The number of amides is 1. The molecule has 156 valence electrons. The summed E-state index contributed by atoms with van der Waals surface area (Å²) < 4.78 is 5.64. The van der Waals surface area contributed by atoms with Gasteiger partial charge in [-0.2, -0.15) is 0 Å². The molecule has 1 unspecified atom stereocenters. The van der Waals surface area contributed by atoms with Crippen LogP contribution in [0.1, 0.15) is 31.0 Å². The Morgan fingerprint density at radius 1 is 0.968 bits per heavy atom. The number of hydrogen-bond donors (Lipinski definition) is 1. The molecular formula is C25H22N2O4. The monoisotopic (exact) mass is 414 g/mol. The van der Waals surface area contributed by atoms with E-state index in [2.05, 4.69) is 4.98 Å². The number of nitrogens with zero attached hydrogens (tertiary/aromatic N) is 2. The SMILES string of the molecule is CC(C)Oc1ccc(/C(O)=C2/C(=O)C(=O)N(c3ccccn3)C2c2ccccc2)cc1. The lowest BCUT2D eigenvalue weighted by Gasteiger charge is -2.24. The van der Waals surface area contributed by atoms with Crippen LogP contribution in [-0.2, 0) is 9.59 Å². The van der Waals surface area contributed by atoms with Crippen molar-refractivity contribution in [2.75, 3.05) is 4.90 Å². The molecule has 0 aliphatic carbocycles. The van der Waals surface area contributed by atoms with E-state index in [0.717, 1.165) is 0 Å². The van der Waals surface area contributed by atoms with E-state index in [1.54, 1.807) is 48.7 Å². The first-order chi connectivity index (χ1) is 15.0. The maximum absolute atomic E-state index is 13.0. The summed E-state index contributed by atoms with van der Waals surface area (Å²) in [5, 5.41) is 11.1. The van der Waals surface area contributed by atoms with Gasteiger partial charge in [-0.05, 0) is 55.8 Å². The van der Waals surface area contributed by atoms with Crippen molar-refractivity contribution in [3.8, 4) is 5.75 Å². The highest BCUT2D eigenvalue weighted by Crippen LogP contribution is 2.41. The third kappa shape index (κ3) is 3.92. The minimum absolute atomic E-state index is 0.0150. The van der Waals surface area contributed by atoms with Crippen molar-refractivity contribution >= 4 is 23.3 Å². The van der Waals surface area contributed by atoms with E-state index >= 15 is 0 Å². The minimum Gasteiger partial charge on any atom is -0.507 e. The second-order valence-electron chi connectivity index (χ2n) is 7.46.